The average Bonchev–Trinajstić information content (AvgIpc) is 1.09. The zero-order valence-corrected chi connectivity index (χ0v) is 72.9. The molecular formula is C108H132N4O8. The maximum absolute atomic E-state index is 11.1. The van der Waals surface area contributed by atoms with Gasteiger partial charge < -0.3 is 37.9 Å². The normalized spacial score (nSPS) is 16.1. The van der Waals surface area contributed by atoms with Crippen molar-refractivity contribution in [3.63, 3.8) is 0 Å². The topological polar surface area (TPSA) is 169 Å². The summed E-state index contributed by atoms with van der Waals surface area (Å²) in [4.78, 5) is 0. The quantitative estimate of drug-likeness (QED) is 0.0332. The van der Waals surface area contributed by atoms with Gasteiger partial charge in [0.1, 0.15) is 98.9 Å². The number of benzene rings is 8. The Morgan fingerprint density at radius 3 is 0.533 bits per heavy atom. The summed E-state index contributed by atoms with van der Waals surface area (Å²) < 4.78 is 61.4. The Hall–Kier alpha value is -9.88. The minimum Gasteiger partial charge on any atom is -0.489 e. The predicted octanol–water partition coefficient (Wildman–Crippen LogP) is 29.5. The van der Waals surface area contributed by atoms with Crippen LogP contribution >= 0.6 is 0 Å². The fraction of sp³-hybridized carbons (Fsp3) is 0.519. The van der Waals surface area contributed by atoms with Crippen LogP contribution in [0.25, 0.3) is 44.5 Å². The number of nitrogens with zero attached hydrogens (tertiary/aromatic N) is 4. The highest BCUT2D eigenvalue weighted by molar-refractivity contribution is 5.89. The highest BCUT2D eigenvalue weighted by Crippen LogP contribution is 2.62. The molecule has 4 heterocycles. The summed E-state index contributed by atoms with van der Waals surface area (Å²) in [6, 6.07) is 52.4. The maximum Gasteiger partial charge on any atom is 0.134 e. The van der Waals surface area contributed by atoms with Crippen LogP contribution in [0.4, 0.5) is 0 Å². The van der Waals surface area contributed by atoms with Gasteiger partial charge in [0.05, 0.1) is 68.8 Å². The third kappa shape index (κ3) is 21.9. The largest absolute Gasteiger partial charge is 0.489 e. The van der Waals surface area contributed by atoms with Crippen LogP contribution in [0.1, 0.15) is 375 Å². The van der Waals surface area contributed by atoms with Gasteiger partial charge in [-0.2, -0.15) is 21.0 Å². The van der Waals surface area contributed by atoms with Crippen molar-refractivity contribution < 1.29 is 37.9 Å². The molecule has 12 heteroatoms. The smallest absolute Gasteiger partial charge is 0.134 e. The Morgan fingerprint density at radius 1 is 0.217 bits per heavy atom. The molecule has 0 aromatic heterocycles. The number of rotatable bonds is 44. The van der Waals surface area contributed by atoms with E-state index < -0.39 is 0 Å². The summed E-state index contributed by atoms with van der Waals surface area (Å²) in [5, 5.41) is 44.2. The van der Waals surface area contributed by atoms with Crippen LogP contribution in [0.15, 0.2) is 121 Å². The first kappa shape index (κ1) is 87.9. The molecule has 0 atom stereocenters. The molecule has 0 N–H and O–H groups in total. The zero-order chi connectivity index (χ0) is 83.0. The lowest BCUT2D eigenvalue weighted by molar-refractivity contribution is 0.206. The third-order valence-electron chi connectivity index (χ3n) is 26.0. The van der Waals surface area contributed by atoms with Gasteiger partial charge in [-0.15, -0.1) is 0 Å². The van der Waals surface area contributed by atoms with E-state index >= 15 is 0 Å². The van der Waals surface area contributed by atoms with Crippen molar-refractivity contribution in [2.45, 2.75) is 308 Å². The maximum atomic E-state index is 11.1. The summed E-state index contributed by atoms with van der Waals surface area (Å²) in [7, 11) is 0. The standard InChI is InChI=1S/C108H132N4O8/c1-5-9-13-17-21-25-29-33-37-53-85-89-69-91-86(54-38-34-30-26-22-18-14-10-6-2)93-71-95-88(56-40-36-32-28-24-20-16-12-8-4)96-72-94-87(55-39-35-31-27-23-19-15-11-7-3)92-70-90(85)102-98(82-50-42-46-78(66-82)74-110)104(92)116-60-62-118-106(94)100(84-52-44-48-80(68-84)76-112)108(96)120-64-63-119-107(95)99(83-51-43-47-79(67-83)75-111)105(93)117-61-59-115-103(91)97(101(89)113-57-58-114-102)81-49-41-45-77(65-81)73-109/h41-52,65-72,85-88H,5-40,53-64H2,1-4H3. The molecule has 5 aliphatic rings. The minimum atomic E-state index is -0.383. The number of ether oxygens (including phenoxy) is 8. The van der Waals surface area contributed by atoms with E-state index in [2.05, 4.69) is 101 Å². The van der Waals surface area contributed by atoms with Gasteiger partial charge in [-0.3, -0.25) is 0 Å². The van der Waals surface area contributed by atoms with Crippen molar-refractivity contribution in [2.75, 3.05) is 52.9 Å². The van der Waals surface area contributed by atoms with Crippen LogP contribution in [0.3, 0.4) is 0 Å². The lowest BCUT2D eigenvalue weighted by Gasteiger charge is -2.33. The molecule has 120 heavy (non-hydrogen) atoms. The molecular weight excluding hydrogens is 1480 g/mol. The van der Waals surface area contributed by atoms with Gasteiger partial charge in [0.2, 0.25) is 0 Å². The predicted molar refractivity (Wildman–Crippen MR) is 485 cm³/mol. The second-order valence-electron chi connectivity index (χ2n) is 34.6. The Labute approximate surface area is 718 Å². The molecule has 8 bridgehead atoms. The lowest BCUT2D eigenvalue weighted by atomic mass is 9.73. The van der Waals surface area contributed by atoms with Crippen LogP contribution in [-0.4, -0.2) is 52.9 Å². The SMILES string of the molecule is CCCCCCCCCCCC1c2cc3c4c(-c5cccc(C#N)c5)c2OCCOc2c1cc1c(c2-c2cccc(C#N)c2)OCCOc2c(cc5c(c2-c2cccc(C#N)c2)OCCOc2c(cc(c(c2-c2cccc(C#N)c2)OCCO4)C3CCCCCCCCCCC)C5CCCCCCCCCCC)C1CCCCCCCCCCC. The van der Waals surface area contributed by atoms with Gasteiger partial charge in [0.25, 0.3) is 0 Å². The molecule has 0 radical (unpaired) electrons. The van der Waals surface area contributed by atoms with Gasteiger partial charge in [-0.1, -0.05) is 307 Å². The Bertz CT molecular complexity index is 4120. The first-order valence-electron chi connectivity index (χ1n) is 47.2. The Morgan fingerprint density at radius 2 is 0.375 bits per heavy atom. The second-order valence-corrected chi connectivity index (χ2v) is 34.6. The van der Waals surface area contributed by atoms with Crippen LogP contribution in [0, 0.1) is 45.3 Å². The highest BCUT2D eigenvalue weighted by atomic mass is 16.5. The average molecular weight is 1610 g/mol. The molecule has 1 aliphatic carbocycles. The van der Waals surface area contributed by atoms with E-state index in [1.54, 1.807) is 0 Å². The monoisotopic (exact) mass is 1610 g/mol. The van der Waals surface area contributed by atoms with E-state index in [0.29, 0.717) is 68.2 Å². The van der Waals surface area contributed by atoms with Gasteiger partial charge in [0.15, 0.2) is 0 Å². The molecule has 632 valence electrons. The molecule has 8 aromatic carbocycles. The highest BCUT2D eigenvalue weighted by Gasteiger charge is 2.42. The summed E-state index contributed by atoms with van der Waals surface area (Å²) in [6.07, 6.45) is 44.5. The van der Waals surface area contributed by atoms with E-state index in [-0.39, 0.29) is 76.5 Å². The Balaban J connectivity index is 1.20. The van der Waals surface area contributed by atoms with Gasteiger partial charge >= 0.3 is 0 Å². The second kappa shape index (κ2) is 46.2. The first-order valence-corrected chi connectivity index (χ1v) is 47.2. The zero-order valence-electron chi connectivity index (χ0n) is 72.9. The van der Waals surface area contributed by atoms with Gasteiger partial charge in [0, 0.05) is 68.2 Å². The van der Waals surface area contributed by atoms with E-state index in [4.69, 9.17) is 37.9 Å². The van der Waals surface area contributed by atoms with Crippen LogP contribution < -0.4 is 37.9 Å². The summed E-state index contributed by atoms with van der Waals surface area (Å²) >= 11 is 0. The van der Waals surface area contributed by atoms with Crippen molar-refractivity contribution in [1.82, 2.24) is 0 Å². The van der Waals surface area contributed by atoms with E-state index in [1.165, 1.54) is 154 Å². The first-order chi connectivity index (χ1) is 59.3. The van der Waals surface area contributed by atoms with Gasteiger partial charge in [-0.05, 0) is 121 Å². The van der Waals surface area contributed by atoms with E-state index in [0.717, 1.165) is 192 Å². The van der Waals surface area contributed by atoms with Gasteiger partial charge in [-0.25, -0.2) is 0 Å². The molecule has 0 saturated heterocycles. The van der Waals surface area contributed by atoms with Crippen LogP contribution in [0.5, 0.6) is 46.0 Å². The number of hydrogen-bond acceptors (Lipinski definition) is 12. The fourth-order valence-corrected chi connectivity index (χ4v) is 19.8. The fourth-order valence-electron chi connectivity index (χ4n) is 19.8. The summed E-state index contributed by atoms with van der Waals surface area (Å²) in [6.45, 7) is 10.5. The van der Waals surface area contributed by atoms with Crippen molar-refractivity contribution in [2.24, 2.45) is 0 Å². The molecule has 0 amide bonds. The van der Waals surface area contributed by atoms with Crippen molar-refractivity contribution in [1.29, 1.82) is 21.0 Å². The van der Waals surface area contributed by atoms with E-state index in [9.17, 15) is 21.0 Å². The molecule has 0 fully saturated rings. The molecule has 0 unspecified atom stereocenters. The van der Waals surface area contributed by atoms with Crippen LogP contribution in [0.2, 0.25) is 0 Å². The molecule has 0 saturated carbocycles. The lowest BCUT2D eigenvalue weighted by Crippen LogP contribution is -2.15. The minimum absolute atomic E-state index is 0.174. The molecule has 4 aliphatic heterocycles. The summed E-state index contributed by atoms with van der Waals surface area (Å²) in [5.74, 6) is 4.15. The van der Waals surface area contributed by atoms with E-state index in [1.807, 2.05) is 72.8 Å². The number of hydrogen-bond donors (Lipinski definition) is 0. The number of nitriles is 4. The number of unbranched alkanes of at least 4 members (excludes halogenated alkanes) is 32. The van der Waals surface area contributed by atoms with Crippen molar-refractivity contribution in [3.8, 4) is 115 Å². The molecule has 12 nitrogen and oxygen atoms in total. The van der Waals surface area contributed by atoms with Crippen LogP contribution in [-0.2, 0) is 0 Å². The summed E-state index contributed by atoms with van der Waals surface area (Å²) in [5.41, 5.74) is 16.8. The van der Waals surface area contributed by atoms with Crippen molar-refractivity contribution in [3.05, 3.63) is 188 Å². The molecule has 13 rings (SSSR count). The Kier molecular flexibility index (Phi) is 33.9. The third-order valence-corrected chi connectivity index (χ3v) is 26.0. The molecule has 0 spiro atoms. The molecule has 8 aromatic rings. The van der Waals surface area contributed by atoms with Crippen molar-refractivity contribution >= 4 is 0 Å².